The molecule has 0 heterocycles. The molecule has 0 radical (unpaired) electrons. The summed E-state index contributed by atoms with van der Waals surface area (Å²) in [5.41, 5.74) is 0.486. The molecule has 0 bridgehead atoms. The third-order valence-electron chi connectivity index (χ3n) is 2.37. The fourth-order valence-electron chi connectivity index (χ4n) is 1.47. The largest absolute Gasteiger partial charge is 0.490 e. The highest BCUT2D eigenvalue weighted by Crippen LogP contribution is 2.26. The van der Waals surface area contributed by atoms with Crippen molar-refractivity contribution in [3.8, 4) is 5.75 Å². The number of halogens is 1. The maximum atomic E-state index is 13.1. The topological polar surface area (TPSA) is 58.9 Å². The van der Waals surface area contributed by atoms with Crippen LogP contribution in [-0.2, 0) is 4.74 Å². The van der Waals surface area contributed by atoms with Gasteiger partial charge >= 0.3 is 0 Å². The van der Waals surface area contributed by atoms with Crippen LogP contribution in [0, 0.1) is 5.82 Å². The highest BCUT2D eigenvalue weighted by molar-refractivity contribution is 5.35. The first-order valence-electron chi connectivity index (χ1n) is 5.90. The van der Waals surface area contributed by atoms with Crippen molar-refractivity contribution in [2.45, 2.75) is 26.1 Å². The van der Waals surface area contributed by atoms with Gasteiger partial charge in [0, 0.05) is 18.2 Å². The molecule has 18 heavy (non-hydrogen) atoms. The van der Waals surface area contributed by atoms with E-state index in [2.05, 4.69) is 0 Å². The van der Waals surface area contributed by atoms with Crippen LogP contribution in [0.15, 0.2) is 18.2 Å². The summed E-state index contributed by atoms with van der Waals surface area (Å²) in [5.74, 6) is -0.214. The molecule has 1 aromatic carbocycles. The molecule has 0 saturated heterocycles. The number of aliphatic hydroxyl groups excluding tert-OH is 2. The van der Waals surface area contributed by atoms with Crippen molar-refractivity contribution in [3.63, 3.8) is 0 Å². The number of hydrogen-bond acceptors (Lipinski definition) is 4. The lowest BCUT2D eigenvalue weighted by atomic mass is 10.1. The van der Waals surface area contributed by atoms with Gasteiger partial charge in [0.2, 0.25) is 0 Å². The fraction of sp³-hybridized carbons (Fsp3) is 0.538. The van der Waals surface area contributed by atoms with Crippen molar-refractivity contribution in [2.75, 3.05) is 19.8 Å². The monoisotopic (exact) mass is 258 g/mol. The van der Waals surface area contributed by atoms with E-state index < -0.39 is 18.0 Å². The van der Waals surface area contributed by atoms with Gasteiger partial charge in [-0.15, -0.1) is 0 Å². The summed E-state index contributed by atoms with van der Waals surface area (Å²) < 4.78 is 23.4. The molecule has 1 rings (SSSR count). The minimum atomic E-state index is -0.782. The normalized spacial score (nSPS) is 14.3. The molecule has 2 atom stereocenters. The second kappa shape index (κ2) is 7.31. The third-order valence-corrected chi connectivity index (χ3v) is 2.37. The van der Waals surface area contributed by atoms with Crippen LogP contribution in [0.25, 0.3) is 0 Å². The predicted octanol–water partition coefficient (Wildman–Crippen LogP) is 1.66. The molecule has 0 aliphatic heterocycles. The number of hydrogen-bond donors (Lipinski definition) is 2. The molecule has 0 saturated carbocycles. The van der Waals surface area contributed by atoms with Gasteiger partial charge in [0.1, 0.15) is 24.3 Å². The van der Waals surface area contributed by atoms with Gasteiger partial charge in [0.15, 0.2) is 0 Å². The predicted molar refractivity (Wildman–Crippen MR) is 65.0 cm³/mol. The highest BCUT2D eigenvalue weighted by Gasteiger charge is 2.12. The van der Waals surface area contributed by atoms with E-state index in [1.54, 1.807) is 6.92 Å². The van der Waals surface area contributed by atoms with Gasteiger partial charge in [0.25, 0.3) is 0 Å². The molecule has 2 N–H and O–H groups in total. The second-order valence-electron chi connectivity index (χ2n) is 3.98. The standard InChI is InChI=1S/C13H19FO4/c1-3-17-7-11(16)8-18-13-6-10(14)4-5-12(13)9(2)15/h4-6,9,11,15-16H,3,7-8H2,1-2H3. The van der Waals surface area contributed by atoms with Crippen LogP contribution in [-0.4, -0.2) is 36.1 Å². The molecule has 5 heteroatoms. The van der Waals surface area contributed by atoms with Gasteiger partial charge in [-0.1, -0.05) is 0 Å². The summed E-state index contributed by atoms with van der Waals surface area (Å²) in [5, 5.41) is 19.0. The smallest absolute Gasteiger partial charge is 0.128 e. The lowest BCUT2D eigenvalue weighted by molar-refractivity contribution is 0.0157. The van der Waals surface area contributed by atoms with Gasteiger partial charge < -0.3 is 19.7 Å². The maximum absolute atomic E-state index is 13.1. The van der Waals surface area contributed by atoms with Crippen molar-refractivity contribution in [1.82, 2.24) is 0 Å². The van der Waals surface area contributed by atoms with Gasteiger partial charge in [0.05, 0.1) is 12.7 Å². The molecule has 4 nitrogen and oxygen atoms in total. The third kappa shape index (κ3) is 4.60. The lowest BCUT2D eigenvalue weighted by Gasteiger charge is -2.16. The summed E-state index contributed by atoms with van der Waals surface area (Å²) >= 11 is 0. The van der Waals surface area contributed by atoms with Crippen molar-refractivity contribution in [1.29, 1.82) is 0 Å². The summed E-state index contributed by atoms with van der Waals surface area (Å²) in [6.45, 7) is 4.05. The number of aliphatic hydroxyl groups is 2. The van der Waals surface area contributed by atoms with E-state index in [1.807, 2.05) is 6.92 Å². The Kier molecular flexibility index (Phi) is 6.04. The Morgan fingerprint density at radius 2 is 2.00 bits per heavy atom. The molecule has 102 valence electrons. The quantitative estimate of drug-likeness (QED) is 0.781. The summed E-state index contributed by atoms with van der Waals surface area (Å²) in [6.07, 6.45) is -1.54. The molecule has 0 aliphatic carbocycles. The van der Waals surface area contributed by atoms with Crippen LogP contribution >= 0.6 is 0 Å². The minimum absolute atomic E-state index is 0.0107. The van der Waals surface area contributed by atoms with E-state index in [0.717, 1.165) is 0 Å². The zero-order chi connectivity index (χ0) is 13.5. The Bertz CT molecular complexity index is 368. The van der Waals surface area contributed by atoms with Gasteiger partial charge in [-0.05, 0) is 26.0 Å². The Morgan fingerprint density at radius 1 is 1.28 bits per heavy atom. The van der Waals surface area contributed by atoms with Crippen molar-refractivity contribution >= 4 is 0 Å². The molecular weight excluding hydrogens is 239 g/mol. The second-order valence-corrected chi connectivity index (χ2v) is 3.98. The van der Waals surface area contributed by atoms with Crippen molar-refractivity contribution in [2.24, 2.45) is 0 Å². The van der Waals surface area contributed by atoms with Crippen LogP contribution in [0.4, 0.5) is 4.39 Å². The van der Waals surface area contributed by atoms with Crippen LogP contribution in [0.5, 0.6) is 5.75 Å². The summed E-state index contributed by atoms with van der Waals surface area (Å²) in [4.78, 5) is 0. The van der Waals surface area contributed by atoms with E-state index in [1.165, 1.54) is 18.2 Å². The fourth-order valence-corrected chi connectivity index (χ4v) is 1.47. The molecule has 1 aromatic rings. The SMILES string of the molecule is CCOCC(O)COc1cc(F)ccc1C(C)O. The van der Waals surface area contributed by atoms with Crippen molar-refractivity contribution in [3.05, 3.63) is 29.6 Å². The van der Waals surface area contributed by atoms with Crippen molar-refractivity contribution < 1.29 is 24.1 Å². The van der Waals surface area contributed by atoms with Crippen LogP contribution < -0.4 is 4.74 Å². The molecule has 2 unspecified atom stereocenters. The first-order valence-corrected chi connectivity index (χ1v) is 5.90. The Hall–Kier alpha value is -1.17. The average Bonchev–Trinajstić information content (AvgIpc) is 2.33. The Balaban J connectivity index is 2.62. The number of benzene rings is 1. The van der Waals surface area contributed by atoms with Crippen LogP contribution in [0.1, 0.15) is 25.5 Å². The average molecular weight is 258 g/mol. The van der Waals surface area contributed by atoms with Gasteiger partial charge in [-0.2, -0.15) is 0 Å². The highest BCUT2D eigenvalue weighted by atomic mass is 19.1. The molecule has 0 aliphatic rings. The van der Waals surface area contributed by atoms with E-state index in [9.17, 15) is 14.6 Å². The zero-order valence-corrected chi connectivity index (χ0v) is 10.6. The summed E-state index contributed by atoms with van der Waals surface area (Å²) in [6, 6.07) is 3.91. The Morgan fingerprint density at radius 3 is 2.61 bits per heavy atom. The summed E-state index contributed by atoms with van der Waals surface area (Å²) in [7, 11) is 0. The minimum Gasteiger partial charge on any atom is -0.490 e. The van der Waals surface area contributed by atoms with E-state index >= 15 is 0 Å². The zero-order valence-electron chi connectivity index (χ0n) is 10.6. The number of ether oxygens (including phenoxy) is 2. The molecule has 0 aromatic heterocycles. The van der Waals surface area contributed by atoms with E-state index in [4.69, 9.17) is 9.47 Å². The van der Waals surface area contributed by atoms with Gasteiger partial charge in [-0.25, -0.2) is 4.39 Å². The molecule has 0 amide bonds. The maximum Gasteiger partial charge on any atom is 0.128 e. The van der Waals surface area contributed by atoms with Crippen LogP contribution in [0.2, 0.25) is 0 Å². The first kappa shape index (κ1) is 14.9. The van der Waals surface area contributed by atoms with E-state index in [-0.39, 0.29) is 19.0 Å². The molecular formula is C13H19FO4. The number of rotatable bonds is 7. The lowest BCUT2D eigenvalue weighted by Crippen LogP contribution is -2.23. The van der Waals surface area contributed by atoms with Crippen LogP contribution in [0.3, 0.4) is 0 Å². The van der Waals surface area contributed by atoms with Gasteiger partial charge in [-0.3, -0.25) is 0 Å². The molecule has 0 fully saturated rings. The van der Waals surface area contributed by atoms with E-state index in [0.29, 0.717) is 12.2 Å². The first-order chi connectivity index (χ1) is 8.54. The Labute approximate surface area is 106 Å². The molecule has 0 spiro atoms.